The summed E-state index contributed by atoms with van der Waals surface area (Å²) in [4.78, 5) is 12.4. The van der Waals surface area contributed by atoms with Crippen LogP contribution in [0, 0.1) is 5.82 Å². The molecule has 0 spiro atoms. The Kier molecular flexibility index (Phi) is 5.29. The summed E-state index contributed by atoms with van der Waals surface area (Å²) in [6.45, 7) is 0. The van der Waals surface area contributed by atoms with Gasteiger partial charge in [0.15, 0.2) is 0 Å². The summed E-state index contributed by atoms with van der Waals surface area (Å²) < 4.78 is 24.1. The Labute approximate surface area is 166 Å². The largest absolute Gasteiger partial charge is 0.457 e. The van der Waals surface area contributed by atoms with E-state index in [-0.39, 0.29) is 17.7 Å². The Hall–Kier alpha value is -4.00. The normalized spacial score (nSPS) is 10.5. The lowest BCUT2D eigenvalue weighted by molar-refractivity contribution is 0.102. The number of benzene rings is 3. The van der Waals surface area contributed by atoms with Crippen molar-refractivity contribution in [2.75, 3.05) is 5.32 Å². The number of aromatic nitrogens is 2. The van der Waals surface area contributed by atoms with Gasteiger partial charge in [0, 0.05) is 5.56 Å². The third kappa shape index (κ3) is 4.84. The molecule has 0 aliphatic heterocycles. The van der Waals surface area contributed by atoms with Gasteiger partial charge in [-0.15, -0.1) is 5.10 Å². The molecule has 1 heterocycles. The third-order valence-corrected chi connectivity index (χ3v) is 4.05. The maximum Gasteiger partial charge on any atom is 0.322 e. The van der Waals surface area contributed by atoms with E-state index in [1.165, 1.54) is 12.1 Å². The molecule has 7 heteroatoms. The number of rotatable bonds is 6. The van der Waals surface area contributed by atoms with Crippen molar-refractivity contribution in [3.05, 3.63) is 102 Å². The molecule has 0 saturated heterocycles. The molecule has 0 fully saturated rings. The zero-order valence-electron chi connectivity index (χ0n) is 15.2. The molecule has 1 N–H and O–H groups in total. The number of hydrogen-bond donors (Lipinski definition) is 1. The molecule has 0 atom stereocenters. The van der Waals surface area contributed by atoms with E-state index in [1.54, 1.807) is 36.4 Å². The molecular formula is C22H16FN3O3. The Bertz CT molecular complexity index is 1090. The molecule has 1 aromatic heterocycles. The molecule has 0 radical (unpaired) electrons. The summed E-state index contributed by atoms with van der Waals surface area (Å²) in [6, 6.07) is 22.0. The fraction of sp³-hybridized carbons (Fsp3) is 0.0455. The first-order chi connectivity index (χ1) is 14.2. The van der Waals surface area contributed by atoms with Gasteiger partial charge in [-0.2, -0.15) is 0 Å². The monoisotopic (exact) mass is 389 g/mol. The molecule has 1 amide bonds. The molecule has 144 valence electrons. The minimum atomic E-state index is -0.381. The topological polar surface area (TPSA) is 77.3 Å². The van der Waals surface area contributed by atoms with Gasteiger partial charge in [-0.1, -0.05) is 35.4 Å². The number of ether oxygens (including phenoxy) is 1. The van der Waals surface area contributed by atoms with Crippen LogP contribution in [0.25, 0.3) is 0 Å². The van der Waals surface area contributed by atoms with Gasteiger partial charge >= 0.3 is 6.01 Å². The summed E-state index contributed by atoms with van der Waals surface area (Å²) in [6.07, 6.45) is 0.342. The van der Waals surface area contributed by atoms with E-state index in [1.807, 2.05) is 30.3 Å². The smallest absolute Gasteiger partial charge is 0.322 e. The predicted molar refractivity (Wildman–Crippen MR) is 104 cm³/mol. The SMILES string of the molecule is O=C(Nc1nnc(Cc2ccc(F)cc2)o1)c1ccc(Oc2ccccc2)cc1. The van der Waals surface area contributed by atoms with E-state index in [0.29, 0.717) is 29.4 Å². The molecule has 6 nitrogen and oxygen atoms in total. The number of carbonyl (C=O) groups is 1. The quantitative estimate of drug-likeness (QED) is 0.510. The molecule has 3 aromatic carbocycles. The van der Waals surface area contributed by atoms with E-state index in [9.17, 15) is 9.18 Å². The maximum absolute atomic E-state index is 13.0. The van der Waals surface area contributed by atoms with Gasteiger partial charge in [-0.3, -0.25) is 10.1 Å². The van der Waals surface area contributed by atoms with Crippen molar-refractivity contribution >= 4 is 11.9 Å². The fourth-order valence-electron chi connectivity index (χ4n) is 2.62. The van der Waals surface area contributed by atoms with Gasteiger partial charge in [0.2, 0.25) is 5.89 Å². The Morgan fingerprint density at radius 3 is 2.31 bits per heavy atom. The van der Waals surface area contributed by atoms with Gasteiger partial charge < -0.3 is 9.15 Å². The highest BCUT2D eigenvalue weighted by molar-refractivity contribution is 6.03. The Morgan fingerprint density at radius 2 is 1.59 bits per heavy atom. The number of hydrogen-bond acceptors (Lipinski definition) is 5. The predicted octanol–water partition coefficient (Wildman–Crippen LogP) is 4.84. The van der Waals surface area contributed by atoms with Crippen molar-refractivity contribution < 1.29 is 18.3 Å². The number of nitrogens with one attached hydrogen (secondary N) is 1. The van der Waals surface area contributed by atoms with Crippen molar-refractivity contribution in [1.82, 2.24) is 10.2 Å². The summed E-state index contributed by atoms with van der Waals surface area (Å²) >= 11 is 0. The van der Waals surface area contributed by atoms with Gasteiger partial charge in [0.25, 0.3) is 5.91 Å². The van der Waals surface area contributed by atoms with Crippen molar-refractivity contribution in [2.24, 2.45) is 0 Å². The van der Waals surface area contributed by atoms with Crippen LogP contribution >= 0.6 is 0 Å². The average Bonchev–Trinajstić information content (AvgIpc) is 3.18. The standard InChI is InChI=1S/C22H16FN3O3/c23-17-10-6-15(7-11-17)14-20-25-26-22(29-20)24-21(27)16-8-12-19(13-9-16)28-18-4-2-1-3-5-18/h1-13H,14H2,(H,24,26,27). The van der Waals surface area contributed by atoms with Crippen LogP contribution in [-0.2, 0) is 6.42 Å². The van der Waals surface area contributed by atoms with Crippen LogP contribution in [0.4, 0.5) is 10.4 Å². The number of halogens is 1. The summed E-state index contributed by atoms with van der Waals surface area (Å²) in [5.41, 5.74) is 1.24. The number of amides is 1. The number of anilines is 1. The lowest BCUT2D eigenvalue weighted by atomic mass is 10.1. The van der Waals surface area contributed by atoms with Crippen molar-refractivity contribution in [1.29, 1.82) is 0 Å². The van der Waals surface area contributed by atoms with Crippen molar-refractivity contribution in [3.63, 3.8) is 0 Å². The lowest BCUT2D eigenvalue weighted by Gasteiger charge is -2.06. The molecule has 29 heavy (non-hydrogen) atoms. The lowest BCUT2D eigenvalue weighted by Crippen LogP contribution is -2.11. The highest BCUT2D eigenvalue weighted by Crippen LogP contribution is 2.21. The van der Waals surface area contributed by atoms with Crippen LogP contribution in [-0.4, -0.2) is 16.1 Å². The van der Waals surface area contributed by atoms with Crippen LogP contribution in [0.15, 0.2) is 83.3 Å². The second-order valence-electron chi connectivity index (χ2n) is 6.20. The maximum atomic E-state index is 13.0. The molecule has 0 bridgehead atoms. The highest BCUT2D eigenvalue weighted by atomic mass is 19.1. The van der Waals surface area contributed by atoms with E-state index in [4.69, 9.17) is 9.15 Å². The Balaban J connectivity index is 1.36. The number of carbonyl (C=O) groups excluding carboxylic acids is 1. The molecule has 0 unspecified atom stereocenters. The van der Waals surface area contributed by atoms with E-state index >= 15 is 0 Å². The first kappa shape index (κ1) is 18.4. The minimum Gasteiger partial charge on any atom is -0.457 e. The van der Waals surface area contributed by atoms with Gasteiger partial charge in [-0.05, 0) is 54.1 Å². The van der Waals surface area contributed by atoms with Crippen molar-refractivity contribution in [3.8, 4) is 11.5 Å². The molecular weight excluding hydrogens is 373 g/mol. The third-order valence-electron chi connectivity index (χ3n) is 4.05. The zero-order valence-corrected chi connectivity index (χ0v) is 15.2. The first-order valence-electron chi connectivity index (χ1n) is 8.87. The molecule has 0 aliphatic carbocycles. The molecule has 0 aliphatic rings. The van der Waals surface area contributed by atoms with Gasteiger partial charge in [0.1, 0.15) is 17.3 Å². The summed E-state index contributed by atoms with van der Waals surface area (Å²) in [5, 5.41) is 10.3. The Morgan fingerprint density at radius 1 is 0.897 bits per heavy atom. The van der Waals surface area contributed by atoms with Crippen LogP contribution in [0.2, 0.25) is 0 Å². The number of para-hydroxylation sites is 1. The molecule has 4 aromatic rings. The second kappa shape index (κ2) is 8.35. The van der Waals surface area contributed by atoms with Crippen LogP contribution in [0.5, 0.6) is 11.5 Å². The van der Waals surface area contributed by atoms with Crippen LogP contribution < -0.4 is 10.1 Å². The first-order valence-corrected chi connectivity index (χ1v) is 8.87. The fourth-order valence-corrected chi connectivity index (χ4v) is 2.62. The molecule has 4 rings (SSSR count). The van der Waals surface area contributed by atoms with Crippen LogP contribution in [0.1, 0.15) is 21.8 Å². The van der Waals surface area contributed by atoms with E-state index in [0.717, 1.165) is 5.56 Å². The van der Waals surface area contributed by atoms with Crippen LogP contribution in [0.3, 0.4) is 0 Å². The minimum absolute atomic E-state index is 0.00303. The van der Waals surface area contributed by atoms with Crippen molar-refractivity contribution in [2.45, 2.75) is 6.42 Å². The average molecular weight is 389 g/mol. The molecule has 0 saturated carbocycles. The van der Waals surface area contributed by atoms with E-state index < -0.39 is 0 Å². The summed E-state index contributed by atoms with van der Waals surface area (Å²) in [7, 11) is 0. The number of nitrogens with zero attached hydrogens (tertiary/aromatic N) is 2. The zero-order chi connectivity index (χ0) is 20.1. The second-order valence-corrected chi connectivity index (χ2v) is 6.20. The van der Waals surface area contributed by atoms with Gasteiger partial charge in [0.05, 0.1) is 6.42 Å². The highest BCUT2D eigenvalue weighted by Gasteiger charge is 2.12. The summed E-state index contributed by atoms with van der Waals surface area (Å²) in [5.74, 6) is 0.954. The van der Waals surface area contributed by atoms with Gasteiger partial charge in [-0.25, -0.2) is 4.39 Å². The van der Waals surface area contributed by atoms with E-state index in [2.05, 4.69) is 15.5 Å².